The molecule has 0 radical (unpaired) electrons. The van der Waals surface area contributed by atoms with E-state index in [1.54, 1.807) is 24.8 Å². The second-order valence-electron chi connectivity index (χ2n) is 5.60. The lowest BCUT2D eigenvalue weighted by Gasteiger charge is -2.38. The van der Waals surface area contributed by atoms with Crippen molar-refractivity contribution in [3.63, 3.8) is 0 Å². The first kappa shape index (κ1) is 13.2. The predicted octanol–water partition coefficient (Wildman–Crippen LogP) is 2.34. The molecule has 20 heavy (non-hydrogen) atoms. The molecule has 3 rings (SSSR count). The van der Waals surface area contributed by atoms with Crippen LogP contribution in [0.3, 0.4) is 0 Å². The van der Waals surface area contributed by atoms with E-state index in [4.69, 9.17) is 0 Å². The summed E-state index contributed by atoms with van der Waals surface area (Å²) in [4.78, 5) is 3.94. The van der Waals surface area contributed by atoms with Gasteiger partial charge in [0, 0.05) is 12.1 Å². The van der Waals surface area contributed by atoms with E-state index >= 15 is 0 Å². The molecule has 1 heterocycles. The highest BCUT2D eigenvalue weighted by Gasteiger charge is 2.30. The van der Waals surface area contributed by atoms with Crippen molar-refractivity contribution in [1.82, 2.24) is 20.1 Å². The molecule has 106 valence electrons. The van der Waals surface area contributed by atoms with Gasteiger partial charge in [0.25, 0.3) is 0 Å². The van der Waals surface area contributed by atoms with Gasteiger partial charge in [-0.25, -0.2) is 9.37 Å². The third-order valence-electron chi connectivity index (χ3n) is 3.93. The van der Waals surface area contributed by atoms with Crippen LogP contribution >= 0.6 is 0 Å². The molecule has 1 saturated carbocycles. The summed E-state index contributed by atoms with van der Waals surface area (Å²) >= 11 is 0. The quantitative estimate of drug-likeness (QED) is 0.910. The van der Waals surface area contributed by atoms with E-state index in [0.717, 1.165) is 19.4 Å². The van der Waals surface area contributed by atoms with Gasteiger partial charge in [0.2, 0.25) is 0 Å². The molecule has 1 aromatic heterocycles. The van der Waals surface area contributed by atoms with Crippen LogP contribution in [0.2, 0.25) is 0 Å². The van der Waals surface area contributed by atoms with Gasteiger partial charge < -0.3 is 5.32 Å². The van der Waals surface area contributed by atoms with Crippen molar-refractivity contribution in [3.05, 3.63) is 48.3 Å². The molecule has 0 amide bonds. The van der Waals surface area contributed by atoms with Gasteiger partial charge in [-0.1, -0.05) is 12.1 Å². The lowest BCUT2D eigenvalue weighted by Crippen LogP contribution is -2.45. The van der Waals surface area contributed by atoms with Crippen LogP contribution < -0.4 is 5.32 Å². The van der Waals surface area contributed by atoms with Gasteiger partial charge in [0.15, 0.2) is 0 Å². The molecule has 0 spiro atoms. The van der Waals surface area contributed by atoms with Crippen molar-refractivity contribution in [2.45, 2.75) is 44.3 Å². The first-order valence-electron chi connectivity index (χ1n) is 7.04. The molecule has 1 aliphatic carbocycles. The Kier molecular flexibility index (Phi) is 3.78. The molecule has 0 saturated heterocycles. The lowest BCUT2D eigenvalue weighted by molar-refractivity contribution is 0.258. The van der Waals surface area contributed by atoms with E-state index in [2.05, 4.69) is 22.3 Å². The molecule has 1 N–H and O–H groups in total. The van der Waals surface area contributed by atoms with E-state index < -0.39 is 0 Å². The summed E-state index contributed by atoms with van der Waals surface area (Å²) in [5.41, 5.74) is 1.24. The maximum atomic E-state index is 12.9. The molecule has 0 bridgehead atoms. The third-order valence-corrected chi connectivity index (χ3v) is 3.93. The van der Waals surface area contributed by atoms with Crippen LogP contribution in [0, 0.1) is 5.82 Å². The summed E-state index contributed by atoms with van der Waals surface area (Å²) in [6.07, 6.45) is 5.53. The first-order valence-corrected chi connectivity index (χ1v) is 7.04. The minimum atomic E-state index is -0.163. The molecule has 1 aliphatic rings. The Morgan fingerprint density at radius 1 is 1.35 bits per heavy atom. The second kappa shape index (κ2) is 5.71. The number of hydrogen-bond acceptors (Lipinski definition) is 3. The predicted molar refractivity (Wildman–Crippen MR) is 74.8 cm³/mol. The monoisotopic (exact) mass is 274 g/mol. The first-order chi connectivity index (χ1) is 9.70. The number of nitrogens with one attached hydrogen (secondary N) is 1. The van der Waals surface area contributed by atoms with E-state index in [-0.39, 0.29) is 5.82 Å². The number of rotatable bonds is 5. The smallest absolute Gasteiger partial charge is 0.137 e. The Morgan fingerprint density at radius 2 is 2.10 bits per heavy atom. The number of benzene rings is 1. The zero-order valence-electron chi connectivity index (χ0n) is 11.5. The standard InChI is InChI=1S/C15H19FN4/c1-11(8-20-10-17-9-18-20)19-15-6-13(7-15)12-2-4-14(16)5-3-12/h2-5,9-11,13,15,19H,6-8H2,1H3. The van der Waals surface area contributed by atoms with Crippen molar-refractivity contribution in [2.75, 3.05) is 0 Å². The highest BCUT2D eigenvalue weighted by Crippen LogP contribution is 2.37. The summed E-state index contributed by atoms with van der Waals surface area (Å²) in [5, 5.41) is 7.71. The van der Waals surface area contributed by atoms with Gasteiger partial charge in [-0.2, -0.15) is 5.10 Å². The Morgan fingerprint density at radius 3 is 2.75 bits per heavy atom. The van der Waals surface area contributed by atoms with Crippen molar-refractivity contribution in [2.24, 2.45) is 0 Å². The van der Waals surface area contributed by atoms with E-state index in [1.807, 2.05) is 16.8 Å². The van der Waals surface area contributed by atoms with Gasteiger partial charge in [0.1, 0.15) is 18.5 Å². The van der Waals surface area contributed by atoms with Gasteiger partial charge in [-0.15, -0.1) is 0 Å². The molecule has 0 aliphatic heterocycles. The normalized spacial score (nSPS) is 23.3. The second-order valence-corrected chi connectivity index (χ2v) is 5.60. The summed E-state index contributed by atoms with van der Waals surface area (Å²) in [5.74, 6) is 0.399. The van der Waals surface area contributed by atoms with Crippen LogP contribution in [0.4, 0.5) is 4.39 Å². The number of hydrogen-bond donors (Lipinski definition) is 1. The van der Waals surface area contributed by atoms with Crippen LogP contribution in [0.25, 0.3) is 0 Å². The van der Waals surface area contributed by atoms with Crippen molar-refractivity contribution < 1.29 is 4.39 Å². The molecule has 1 fully saturated rings. The number of nitrogens with zero attached hydrogens (tertiary/aromatic N) is 3. The van der Waals surface area contributed by atoms with E-state index in [9.17, 15) is 4.39 Å². The van der Waals surface area contributed by atoms with Crippen LogP contribution in [0.15, 0.2) is 36.9 Å². The average Bonchev–Trinajstić information content (AvgIpc) is 2.87. The molecule has 4 nitrogen and oxygen atoms in total. The Labute approximate surface area is 118 Å². The highest BCUT2D eigenvalue weighted by molar-refractivity contribution is 5.23. The van der Waals surface area contributed by atoms with Crippen molar-refractivity contribution in [3.8, 4) is 0 Å². The molecule has 2 aromatic rings. The lowest BCUT2D eigenvalue weighted by atomic mass is 9.75. The zero-order chi connectivity index (χ0) is 13.9. The number of aromatic nitrogens is 3. The highest BCUT2D eigenvalue weighted by atomic mass is 19.1. The summed E-state index contributed by atoms with van der Waals surface area (Å²) in [6, 6.07) is 7.80. The molecular weight excluding hydrogens is 255 g/mol. The summed E-state index contributed by atoms with van der Waals surface area (Å²) < 4.78 is 14.7. The maximum Gasteiger partial charge on any atom is 0.137 e. The van der Waals surface area contributed by atoms with Gasteiger partial charge >= 0.3 is 0 Å². The number of halogens is 1. The topological polar surface area (TPSA) is 42.7 Å². The van der Waals surface area contributed by atoms with E-state index in [1.165, 1.54) is 5.56 Å². The molecule has 1 unspecified atom stereocenters. The summed E-state index contributed by atoms with van der Waals surface area (Å²) in [6.45, 7) is 2.99. The Bertz CT molecular complexity index is 532. The average molecular weight is 274 g/mol. The maximum absolute atomic E-state index is 12.9. The van der Waals surface area contributed by atoms with Crippen LogP contribution in [-0.2, 0) is 6.54 Å². The van der Waals surface area contributed by atoms with Crippen molar-refractivity contribution in [1.29, 1.82) is 0 Å². The fourth-order valence-electron chi connectivity index (χ4n) is 2.82. The Hall–Kier alpha value is -1.75. The van der Waals surface area contributed by atoms with Crippen molar-refractivity contribution >= 4 is 0 Å². The minimum Gasteiger partial charge on any atom is -0.310 e. The van der Waals surface area contributed by atoms with Crippen LogP contribution in [0.5, 0.6) is 0 Å². The van der Waals surface area contributed by atoms with Crippen LogP contribution in [0.1, 0.15) is 31.2 Å². The minimum absolute atomic E-state index is 0.163. The third kappa shape index (κ3) is 3.04. The Balaban J connectivity index is 1.45. The van der Waals surface area contributed by atoms with E-state index in [0.29, 0.717) is 18.0 Å². The van der Waals surface area contributed by atoms with Gasteiger partial charge in [-0.3, -0.25) is 4.68 Å². The zero-order valence-corrected chi connectivity index (χ0v) is 11.5. The molecule has 5 heteroatoms. The summed E-state index contributed by atoms with van der Waals surface area (Å²) in [7, 11) is 0. The molecule has 1 aromatic carbocycles. The van der Waals surface area contributed by atoms with Crippen LogP contribution in [-0.4, -0.2) is 26.8 Å². The largest absolute Gasteiger partial charge is 0.310 e. The molecular formula is C15H19FN4. The fourth-order valence-corrected chi connectivity index (χ4v) is 2.82. The molecule has 1 atom stereocenters. The van der Waals surface area contributed by atoms with Gasteiger partial charge in [0.05, 0.1) is 6.54 Å². The fraction of sp³-hybridized carbons (Fsp3) is 0.467. The SMILES string of the molecule is CC(Cn1cncn1)NC1CC(c2ccc(F)cc2)C1. The van der Waals surface area contributed by atoms with Gasteiger partial charge in [-0.05, 0) is 43.4 Å².